The number of ether oxygens (including phenoxy) is 1. The monoisotopic (exact) mass is 422 g/mol. The number of benzene rings is 1. The van der Waals surface area contributed by atoms with Crippen LogP contribution in [0.1, 0.15) is 54.2 Å². The van der Waals surface area contributed by atoms with E-state index in [1.54, 1.807) is 22.8 Å². The van der Waals surface area contributed by atoms with Crippen molar-refractivity contribution in [3.8, 4) is 11.8 Å². The molecule has 0 saturated carbocycles. The van der Waals surface area contributed by atoms with E-state index in [0.717, 1.165) is 24.8 Å². The van der Waals surface area contributed by atoms with Crippen LogP contribution in [0.15, 0.2) is 47.4 Å². The second kappa shape index (κ2) is 8.82. The van der Waals surface area contributed by atoms with Crippen molar-refractivity contribution in [1.82, 2.24) is 9.58 Å². The van der Waals surface area contributed by atoms with E-state index in [0.29, 0.717) is 19.4 Å². The number of fused-ring (bicyclic) bond motifs is 3. The summed E-state index contributed by atoms with van der Waals surface area (Å²) in [5, 5.41) is 21.2. The number of nitriles is 1. The largest absolute Gasteiger partial charge is 0.502 e. The molecule has 4 rings (SSSR count). The Balaban J connectivity index is 1.75. The minimum absolute atomic E-state index is 0.0261. The van der Waals surface area contributed by atoms with Gasteiger partial charge >= 0.3 is 0 Å². The molecule has 2 aliphatic heterocycles. The fourth-order valence-corrected chi connectivity index (χ4v) is 4.55. The first kappa shape index (κ1) is 20.9. The summed E-state index contributed by atoms with van der Waals surface area (Å²) in [4.78, 5) is 26.6. The lowest BCUT2D eigenvalue weighted by molar-refractivity contribution is -0.0197. The normalized spacial score (nSPS) is 22.6. The average Bonchev–Trinajstić information content (AvgIpc) is 2.79. The topological polar surface area (TPSA) is 98.8 Å². The third-order valence-electron chi connectivity index (χ3n) is 6.08. The number of hydrogen-bond acceptors (Lipinski definition) is 6. The van der Waals surface area contributed by atoms with Gasteiger partial charge in [-0.25, -0.2) is 0 Å². The summed E-state index contributed by atoms with van der Waals surface area (Å²) in [5.41, 5.74) is 0.424. The van der Waals surface area contributed by atoms with E-state index in [1.807, 2.05) is 35.3 Å². The summed E-state index contributed by atoms with van der Waals surface area (Å²) in [7, 11) is 1.70. The van der Waals surface area contributed by atoms with Gasteiger partial charge in [0, 0.05) is 32.3 Å². The number of aromatic hydroxyl groups is 1. The summed E-state index contributed by atoms with van der Waals surface area (Å²) in [6.45, 7) is 0.547. The minimum Gasteiger partial charge on any atom is -0.502 e. The second-order valence-corrected chi connectivity index (χ2v) is 7.96. The molecule has 0 radical (unpaired) electrons. The van der Waals surface area contributed by atoms with Crippen LogP contribution in [0.25, 0.3) is 0 Å². The number of carbonyl (C=O) groups is 1. The van der Waals surface area contributed by atoms with Gasteiger partial charge in [-0.05, 0) is 31.2 Å². The van der Waals surface area contributed by atoms with E-state index < -0.39 is 11.2 Å². The molecule has 2 aromatic rings. The Labute approximate surface area is 180 Å². The SMILES string of the molecule is CN1C(=O)c2c(O)c(=O)ccn2N2[C@H](c3ccccc3)[C@@H](OCCCCC#N)CC[C@@H]12. The number of pyridine rings is 1. The standard InChI is InChI=1S/C23H26N4O4/c1-25-19-11-10-18(31-15-7-3-6-13-24)20(16-8-4-2-5-9-16)27(19)26-14-12-17(28)22(29)21(26)23(25)30/h2,4-5,8-9,12,14,18-20,29H,3,6-7,10-11,15H2,1H3/t18-,19-,20+/m0/s1. The molecule has 1 fully saturated rings. The van der Waals surface area contributed by atoms with Crippen molar-refractivity contribution in [3.63, 3.8) is 0 Å². The number of rotatable bonds is 6. The maximum absolute atomic E-state index is 13.0. The molecule has 3 heterocycles. The number of unbranched alkanes of at least 4 members (excludes halogenated alkanes) is 2. The quantitative estimate of drug-likeness (QED) is 0.719. The van der Waals surface area contributed by atoms with Gasteiger partial charge < -0.3 is 14.7 Å². The fourth-order valence-electron chi connectivity index (χ4n) is 4.55. The Morgan fingerprint density at radius 1 is 1.16 bits per heavy atom. The number of hydrogen-bond donors (Lipinski definition) is 1. The zero-order valence-electron chi connectivity index (χ0n) is 17.5. The Hall–Kier alpha value is -3.31. The summed E-state index contributed by atoms with van der Waals surface area (Å²) in [5.74, 6) is -0.914. The molecule has 0 aliphatic carbocycles. The van der Waals surface area contributed by atoms with E-state index in [4.69, 9.17) is 10.00 Å². The molecule has 1 saturated heterocycles. The predicted molar refractivity (Wildman–Crippen MR) is 114 cm³/mol. The van der Waals surface area contributed by atoms with E-state index >= 15 is 0 Å². The lowest BCUT2D eigenvalue weighted by Crippen LogP contribution is -2.65. The lowest BCUT2D eigenvalue weighted by atomic mass is 9.91. The molecule has 8 nitrogen and oxygen atoms in total. The van der Waals surface area contributed by atoms with E-state index in [2.05, 4.69) is 6.07 Å². The third kappa shape index (κ3) is 3.77. The van der Waals surface area contributed by atoms with Crippen LogP contribution in [0.5, 0.6) is 5.75 Å². The smallest absolute Gasteiger partial charge is 0.277 e. The number of carbonyl (C=O) groups excluding carboxylic acids is 1. The number of aromatic nitrogens is 1. The highest BCUT2D eigenvalue weighted by molar-refractivity contribution is 5.96. The van der Waals surface area contributed by atoms with Gasteiger partial charge in [0.15, 0.2) is 11.4 Å². The first-order chi connectivity index (χ1) is 15.0. The Morgan fingerprint density at radius 3 is 2.68 bits per heavy atom. The van der Waals surface area contributed by atoms with Crippen molar-refractivity contribution in [2.24, 2.45) is 0 Å². The van der Waals surface area contributed by atoms with E-state index in [1.165, 1.54) is 6.07 Å². The molecule has 1 amide bonds. The fraction of sp³-hybridized carbons (Fsp3) is 0.435. The van der Waals surface area contributed by atoms with Gasteiger partial charge in [-0.3, -0.25) is 19.3 Å². The van der Waals surface area contributed by atoms with Crippen molar-refractivity contribution >= 4 is 5.91 Å². The summed E-state index contributed by atoms with van der Waals surface area (Å²) < 4.78 is 7.90. The molecule has 2 aliphatic rings. The molecule has 1 N–H and O–H groups in total. The van der Waals surface area contributed by atoms with Crippen molar-refractivity contribution in [1.29, 1.82) is 5.26 Å². The maximum atomic E-state index is 13.0. The highest BCUT2D eigenvalue weighted by atomic mass is 16.5. The zero-order valence-corrected chi connectivity index (χ0v) is 17.5. The molecule has 0 bridgehead atoms. The maximum Gasteiger partial charge on any atom is 0.277 e. The van der Waals surface area contributed by atoms with Gasteiger partial charge in [0.25, 0.3) is 5.91 Å². The molecular weight excluding hydrogens is 396 g/mol. The van der Waals surface area contributed by atoms with Crippen molar-refractivity contribution in [2.75, 3.05) is 18.7 Å². The van der Waals surface area contributed by atoms with Gasteiger partial charge in [0.2, 0.25) is 5.43 Å². The molecule has 0 spiro atoms. The molecule has 0 unspecified atom stereocenters. The Bertz CT molecular complexity index is 1050. The third-order valence-corrected chi connectivity index (χ3v) is 6.08. The molecule has 8 heteroatoms. The summed E-state index contributed by atoms with van der Waals surface area (Å²) in [6, 6.07) is 13.1. The van der Waals surface area contributed by atoms with Gasteiger partial charge in [-0.15, -0.1) is 0 Å². The molecule has 31 heavy (non-hydrogen) atoms. The number of amides is 1. The van der Waals surface area contributed by atoms with Crippen LogP contribution in [0.2, 0.25) is 0 Å². The predicted octanol–water partition coefficient (Wildman–Crippen LogP) is 2.52. The first-order valence-corrected chi connectivity index (χ1v) is 10.6. The molecule has 1 aromatic heterocycles. The number of piperidine rings is 1. The summed E-state index contributed by atoms with van der Waals surface area (Å²) in [6.07, 6.45) is 4.75. The lowest BCUT2D eigenvalue weighted by Gasteiger charge is -2.53. The molecule has 162 valence electrons. The first-order valence-electron chi connectivity index (χ1n) is 10.6. The highest BCUT2D eigenvalue weighted by Crippen LogP contribution is 2.39. The molecular formula is C23H26N4O4. The highest BCUT2D eigenvalue weighted by Gasteiger charge is 2.46. The van der Waals surface area contributed by atoms with Crippen LogP contribution >= 0.6 is 0 Å². The van der Waals surface area contributed by atoms with E-state index in [9.17, 15) is 14.7 Å². The van der Waals surface area contributed by atoms with Crippen LogP contribution in [0.4, 0.5) is 0 Å². The van der Waals surface area contributed by atoms with Crippen molar-refractivity contribution < 1.29 is 14.6 Å². The van der Waals surface area contributed by atoms with Crippen LogP contribution in [0, 0.1) is 11.3 Å². The van der Waals surface area contributed by atoms with Crippen LogP contribution < -0.4 is 10.4 Å². The minimum atomic E-state index is -0.579. The van der Waals surface area contributed by atoms with Gasteiger partial charge in [-0.2, -0.15) is 5.26 Å². The van der Waals surface area contributed by atoms with Gasteiger partial charge in [0.05, 0.1) is 18.2 Å². The average molecular weight is 422 g/mol. The van der Waals surface area contributed by atoms with Crippen LogP contribution in [0.3, 0.4) is 0 Å². The van der Waals surface area contributed by atoms with Crippen LogP contribution in [-0.2, 0) is 4.74 Å². The van der Waals surface area contributed by atoms with Gasteiger partial charge in [-0.1, -0.05) is 30.3 Å². The summed E-state index contributed by atoms with van der Waals surface area (Å²) >= 11 is 0. The van der Waals surface area contributed by atoms with E-state index in [-0.39, 0.29) is 29.9 Å². The molecule has 3 atom stereocenters. The molecule has 1 aromatic carbocycles. The zero-order chi connectivity index (χ0) is 22.0. The Morgan fingerprint density at radius 2 is 1.94 bits per heavy atom. The van der Waals surface area contributed by atoms with Crippen LogP contribution in [-0.4, -0.2) is 46.5 Å². The second-order valence-electron chi connectivity index (χ2n) is 7.96. The van der Waals surface area contributed by atoms with Crippen molar-refractivity contribution in [3.05, 3.63) is 64.1 Å². The van der Waals surface area contributed by atoms with Gasteiger partial charge in [0.1, 0.15) is 6.17 Å². The van der Waals surface area contributed by atoms with Crippen molar-refractivity contribution in [2.45, 2.75) is 50.4 Å². The number of nitrogens with zero attached hydrogens (tertiary/aromatic N) is 4. The Kier molecular flexibility index (Phi) is 5.96.